The van der Waals surface area contributed by atoms with Crippen LogP contribution in [-0.2, 0) is 0 Å². The number of benzene rings is 1. The Morgan fingerprint density at radius 2 is 2.10 bits per heavy atom. The molecule has 3 rings (SSSR count). The van der Waals surface area contributed by atoms with Crippen molar-refractivity contribution >= 4 is 16.9 Å². The van der Waals surface area contributed by atoms with Gasteiger partial charge in [0, 0.05) is 23.5 Å². The zero-order valence-electron chi connectivity index (χ0n) is 12.9. The fourth-order valence-corrected chi connectivity index (χ4v) is 3.12. The number of amides is 1. The first-order valence-corrected chi connectivity index (χ1v) is 7.59. The second-order valence-electron chi connectivity index (χ2n) is 5.96. The van der Waals surface area contributed by atoms with Crippen LogP contribution in [0.15, 0.2) is 16.5 Å². The van der Waals surface area contributed by atoms with Gasteiger partial charge in [-0.15, -0.1) is 0 Å². The van der Waals surface area contributed by atoms with E-state index in [1.807, 2.05) is 19.9 Å². The predicted octanol–water partition coefficient (Wildman–Crippen LogP) is 2.84. The fourth-order valence-electron chi connectivity index (χ4n) is 3.12. The molecule has 2 heterocycles. The molecule has 1 fully saturated rings. The highest BCUT2D eigenvalue weighted by Gasteiger charge is 2.21. The van der Waals surface area contributed by atoms with Gasteiger partial charge in [0.15, 0.2) is 5.76 Å². The van der Waals surface area contributed by atoms with Gasteiger partial charge in [0.25, 0.3) is 5.91 Å². The lowest BCUT2D eigenvalue weighted by molar-refractivity contribution is 0.0924. The third kappa shape index (κ3) is 2.56. The van der Waals surface area contributed by atoms with E-state index in [4.69, 9.17) is 4.42 Å². The molecule has 1 amide bonds. The minimum atomic E-state index is -0.115. The Bertz CT molecular complexity index is 682. The summed E-state index contributed by atoms with van der Waals surface area (Å²) in [7, 11) is 0. The first-order chi connectivity index (χ1) is 10.1. The van der Waals surface area contributed by atoms with Crippen LogP contribution in [0.25, 0.3) is 11.0 Å². The van der Waals surface area contributed by atoms with Crippen LogP contribution in [-0.4, -0.2) is 25.0 Å². The van der Waals surface area contributed by atoms with Crippen molar-refractivity contribution in [1.29, 1.82) is 0 Å². The van der Waals surface area contributed by atoms with Crippen molar-refractivity contribution in [3.05, 3.63) is 34.6 Å². The SMILES string of the molecule is Cc1ccc(C)c2c(C)c(C(=O)NCC3CCCN3)oc12. The van der Waals surface area contributed by atoms with Gasteiger partial charge >= 0.3 is 0 Å². The molecule has 0 bridgehead atoms. The number of nitrogens with one attached hydrogen (secondary N) is 2. The van der Waals surface area contributed by atoms with E-state index < -0.39 is 0 Å². The van der Waals surface area contributed by atoms with Crippen molar-refractivity contribution < 1.29 is 9.21 Å². The number of rotatable bonds is 3. The van der Waals surface area contributed by atoms with Crippen molar-refractivity contribution in [2.24, 2.45) is 0 Å². The van der Waals surface area contributed by atoms with Gasteiger partial charge in [0.05, 0.1) is 0 Å². The summed E-state index contributed by atoms with van der Waals surface area (Å²) in [5.41, 5.74) is 3.98. The third-order valence-corrected chi connectivity index (χ3v) is 4.36. The molecule has 1 aromatic heterocycles. The summed E-state index contributed by atoms with van der Waals surface area (Å²) in [5.74, 6) is 0.330. The molecule has 1 saturated heterocycles. The number of furan rings is 1. The van der Waals surface area contributed by atoms with E-state index in [0.717, 1.165) is 40.6 Å². The third-order valence-electron chi connectivity index (χ3n) is 4.36. The molecule has 0 spiro atoms. The zero-order valence-corrected chi connectivity index (χ0v) is 12.9. The smallest absolute Gasteiger partial charge is 0.287 e. The van der Waals surface area contributed by atoms with E-state index in [1.54, 1.807) is 0 Å². The Labute approximate surface area is 124 Å². The number of hydrogen-bond acceptors (Lipinski definition) is 3. The maximum absolute atomic E-state index is 12.4. The van der Waals surface area contributed by atoms with Gasteiger partial charge in [-0.05, 0) is 51.3 Å². The first kappa shape index (κ1) is 14.1. The fraction of sp³-hybridized carbons (Fsp3) is 0.471. The average molecular weight is 286 g/mol. The molecule has 0 saturated carbocycles. The number of hydrogen-bond donors (Lipinski definition) is 2. The van der Waals surface area contributed by atoms with Gasteiger partial charge in [-0.2, -0.15) is 0 Å². The summed E-state index contributed by atoms with van der Waals surface area (Å²) in [6.45, 7) is 7.72. The summed E-state index contributed by atoms with van der Waals surface area (Å²) in [6.07, 6.45) is 2.31. The molecule has 2 aromatic rings. The Hall–Kier alpha value is -1.81. The van der Waals surface area contributed by atoms with Crippen LogP contribution in [0, 0.1) is 20.8 Å². The van der Waals surface area contributed by atoms with Crippen LogP contribution in [0.2, 0.25) is 0 Å². The molecule has 2 N–H and O–H groups in total. The quantitative estimate of drug-likeness (QED) is 0.912. The molecule has 0 aliphatic carbocycles. The van der Waals surface area contributed by atoms with E-state index >= 15 is 0 Å². The maximum Gasteiger partial charge on any atom is 0.287 e. The second kappa shape index (κ2) is 5.53. The van der Waals surface area contributed by atoms with Crippen molar-refractivity contribution in [2.75, 3.05) is 13.1 Å². The lowest BCUT2D eigenvalue weighted by Crippen LogP contribution is -2.37. The van der Waals surface area contributed by atoms with Gasteiger partial charge in [0.1, 0.15) is 5.58 Å². The number of aryl methyl sites for hydroxylation is 3. The number of fused-ring (bicyclic) bond motifs is 1. The summed E-state index contributed by atoms with van der Waals surface area (Å²) >= 11 is 0. The Balaban J connectivity index is 1.86. The topological polar surface area (TPSA) is 54.3 Å². The Morgan fingerprint density at radius 1 is 1.33 bits per heavy atom. The second-order valence-corrected chi connectivity index (χ2v) is 5.96. The van der Waals surface area contributed by atoms with Crippen molar-refractivity contribution in [2.45, 2.75) is 39.7 Å². The maximum atomic E-state index is 12.4. The monoisotopic (exact) mass is 286 g/mol. The molecule has 21 heavy (non-hydrogen) atoms. The molecule has 1 aliphatic rings. The van der Waals surface area contributed by atoms with Crippen LogP contribution >= 0.6 is 0 Å². The lowest BCUT2D eigenvalue weighted by atomic mass is 10.0. The van der Waals surface area contributed by atoms with Gasteiger partial charge in [-0.3, -0.25) is 4.79 Å². The molecule has 1 aromatic carbocycles. The van der Waals surface area contributed by atoms with E-state index in [0.29, 0.717) is 18.3 Å². The van der Waals surface area contributed by atoms with Crippen LogP contribution in [0.3, 0.4) is 0 Å². The highest BCUT2D eigenvalue weighted by molar-refractivity contribution is 6.00. The van der Waals surface area contributed by atoms with E-state index in [9.17, 15) is 4.79 Å². The largest absolute Gasteiger partial charge is 0.450 e. The first-order valence-electron chi connectivity index (χ1n) is 7.59. The van der Waals surface area contributed by atoms with Gasteiger partial charge in [-0.1, -0.05) is 12.1 Å². The molecule has 4 nitrogen and oxygen atoms in total. The molecule has 1 unspecified atom stereocenters. The lowest BCUT2D eigenvalue weighted by Gasteiger charge is -2.10. The highest BCUT2D eigenvalue weighted by atomic mass is 16.3. The minimum Gasteiger partial charge on any atom is -0.450 e. The van der Waals surface area contributed by atoms with Gasteiger partial charge in [0.2, 0.25) is 0 Å². The van der Waals surface area contributed by atoms with Crippen LogP contribution in [0.1, 0.15) is 40.1 Å². The molecule has 0 radical (unpaired) electrons. The van der Waals surface area contributed by atoms with E-state index in [1.165, 1.54) is 6.42 Å². The molecule has 1 aliphatic heterocycles. The van der Waals surface area contributed by atoms with Crippen LogP contribution in [0.5, 0.6) is 0 Å². The molecule has 112 valence electrons. The summed E-state index contributed by atoms with van der Waals surface area (Å²) in [5, 5.41) is 7.43. The number of carbonyl (C=O) groups excluding carboxylic acids is 1. The van der Waals surface area contributed by atoms with Crippen LogP contribution < -0.4 is 10.6 Å². The summed E-state index contributed by atoms with van der Waals surface area (Å²) in [4.78, 5) is 12.4. The van der Waals surface area contributed by atoms with E-state index in [2.05, 4.69) is 23.6 Å². The predicted molar refractivity (Wildman–Crippen MR) is 83.8 cm³/mol. The normalized spacial score (nSPS) is 18.3. The molecular formula is C17H22N2O2. The standard InChI is InChI=1S/C17H22N2O2/c1-10-6-7-11(2)15-14(10)12(3)16(21-15)17(20)19-9-13-5-4-8-18-13/h6-7,13,18H,4-5,8-9H2,1-3H3,(H,19,20). The molecular weight excluding hydrogens is 264 g/mol. The molecule has 4 heteroatoms. The Kier molecular flexibility index (Phi) is 3.72. The van der Waals surface area contributed by atoms with E-state index in [-0.39, 0.29) is 5.91 Å². The van der Waals surface area contributed by atoms with Gasteiger partial charge < -0.3 is 15.1 Å². The zero-order chi connectivity index (χ0) is 15.0. The van der Waals surface area contributed by atoms with Crippen molar-refractivity contribution in [3.8, 4) is 0 Å². The van der Waals surface area contributed by atoms with Crippen LogP contribution in [0.4, 0.5) is 0 Å². The van der Waals surface area contributed by atoms with Crippen molar-refractivity contribution in [1.82, 2.24) is 10.6 Å². The minimum absolute atomic E-state index is 0.115. The molecule has 1 atom stereocenters. The van der Waals surface area contributed by atoms with Gasteiger partial charge in [-0.25, -0.2) is 0 Å². The van der Waals surface area contributed by atoms with Crippen molar-refractivity contribution in [3.63, 3.8) is 0 Å². The summed E-state index contributed by atoms with van der Waals surface area (Å²) in [6, 6.07) is 4.50. The Morgan fingerprint density at radius 3 is 2.76 bits per heavy atom. The summed E-state index contributed by atoms with van der Waals surface area (Å²) < 4.78 is 5.85. The number of carbonyl (C=O) groups is 1. The highest BCUT2D eigenvalue weighted by Crippen LogP contribution is 2.30. The average Bonchev–Trinajstić information content (AvgIpc) is 3.09.